The zero-order valence-corrected chi connectivity index (χ0v) is 12.0. The van der Waals surface area contributed by atoms with Crippen LogP contribution in [-0.2, 0) is 4.74 Å². The number of nitrogens with zero attached hydrogens (tertiary/aromatic N) is 1. The second kappa shape index (κ2) is 5.42. The Balaban J connectivity index is 1.91. The van der Waals surface area contributed by atoms with E-state index in [1.165, 1.54) is 0 Å². The van der Waals surface area contributed by atoms with E-state index in [0.29, 0.717) is 29.4 Å². The van der Waals surface area contributed by atoms with E-state index in [2.05, 4.69) is 15.3 Å². The van der Waals surface area contributed by atoms with E-state index in [4.69, 9.17) is 16.3 Å². The molecule has 2 aromatic rings. The van der Waals surface area contributed by atoms with Crippen molar-refractivity contribution in [3.63, 3.8) is 0 Å². The minimum atomic E-state index is -0.103. The molecule has 0 radical (unpaired) electrons. The molecule has 0 spiro atoms. The second-order valence-corrected chi connectivity index (χ2v) is 5.40. The van der Waals surface area contributed by atoms with Crippen LogP contribution in [0.5, 0.6) is 0 Å². The van der Waals surface area contributed by atoms with Crippen molar-refractivity contribution in [1.82, 2.24) is 15.3 Å². The van der Waals surface area contributed by atoms with E-state index >= 15 is 0 Å². The summed E-state index contributed by atoms with van der Waals surface area (Å²) in [5, 5.41) is 4.27. The van der Waals surface area contributed by atoms with Gasteiger partial charge in [0.2, 0.25) is 0 Å². The van der Waals surface area contributed by atoms with Gasteiger partial charge < -0.3 is 15.0 Å². The maximum absolute atomic E-state index is 12.4. The van der Waals surface area contributed by atoms with Crippen LogP contribution >= 0.6 is 11.6 Å². The quantitative estimate of drug-likeness (QED) is 0.836. The molecule has 2 aromatic heterocycles. The van der Waals surface area contributed by atoms with Gasteiger partial charge in [0.05, 0.1) is 11.1 Å². The lowest BCUT2D eigenvalue weighted by Gasteiger charge is -2.23. The molecule has 3 rings (SSSR count). The number of aromatic amines is 1. The van der Waals surface area contributed by atoms with Crippen molar-refractivity contribution in [3.8, 4) is 0 Å². The maximum Gasteiger partial charge on any atom is 0.253 e. The van der Waals surface area contributed by atoms with E-state index in [-0.39, 0.29) is 11.9 Å². The van der Waals surface area contributed by atoms with Gasteiger partial charge in [0.1, 0.15) is 0 Å². The molecule has 6 heteroatoms. The number of ether oxygens (including phenoxy) is 1. The smallest absolute Gasteiger partial charge is 0.253 e. The molecule has 1 fully saturated rings. The van der Waals surface area contributed by atoms with Gasteiger partial charge in [-0.25, -0.2) is 4.98 Å². The highest BCUT2D eigenvalue weighted by Gasteiger charge is 2.20. The monoisotopic (exact) mass is 293 g/mol. The first-order valence-electron chi connectivity index (χ1n) is 6.67. The minimum Gasteiger partial charge on any atom is -0.381 e. The van der Waals surface area contributed by atoms with Crippen molar-refractivity contribution >= 4 is 28.4 Å². The van der Waals surface area contributed by atoms with Crippen molar-refractivity contribution in [2.24, 2.45) is 0 Å². The highest BCUT2D eigenvalue weighted by atomic mass is 35.5. The highest BCUT2D eigenvalue weighted by molar-refractivity contribution is 6.34. The number of carbonyl (C=O) groups is 1. The van der Waals surface area contributed by atoms with Gasteiger partial charge in [-0.15, -0.1) is 0 Å². The van der Waals surface area contributed by atoms with Crippen LogP contribution in [0.2, 0.25) is 5.15 Å². The summed E-state index contributed by atoms with van der Waals surface area (Å²) in [5.74, 6) is -0.103. The number of pyridine rings is 1. The van der Waals surface area contributed by atoms with Gasteiger partial charge in [-0.2, -0.15) is 0 Å². The van der Waals surface area contributed by atoms with Gasteiger partial charge in [-0.05, 0) is 25.3 Å². The SMILES string of the molecule is Cc1c[nH]c2c(Cl)ncc(C(=O)NC3CCOCC3)c12. The molecule has 3 heterocycles. The Labute approximate surface area is 121 Å². The number of aromatic nitrogens is 2. The lowest BCUT2D eigenvalue weighted by molar-refractivity contribution is 0.0697. The summed E-state index contributed by atoms with van der Waals surface area (Å²) in [6.07, 6.45) is 5.08. The van der Waals surface area contributed by atoms with Gasteiger partial charge in [0.15, 0.2) is 5.15 Å². The molecule has 0 bridgehead atoms. The Kier molecular flexibility index (Phi) is 3.63. The minimum absolute atomic E-state index is 0.103. The second-order valence-electron chi connectivity index (χ2n) is 5.04. The number of H-pyrrole nitrogens is 1. The molecule has 20 heavy (non-hydrogen) atoms. The molecule has 5 nitrogen and oxygen atoms in total. The standard InChI is InChI=1S/C14H16ClN3O2/c1-8-6-16-12-11(8)10(7-17-13(12)15)14(19)18-9-2-4-20-5-3-9/h6-7,9,16H,2-5H2,1H3,(H,18,19). The lowest BCUT2D eigenvalue weighted by atomic mass is 10.1. The van der Waals surface area contributed by atoms with Crippen LogP contribution in [0.1, 0.15) is 28.8 Å². The van der Waals surface area contributed by atoms with Crippen LogP contribution < -0.4 is 5.32 Å². The average Bonchev–Trinajstić information content (AvgIpc) is 2.84. The van der Waals surface area contributed by atoms with Crippen LogP contribution in [0, 0.1) is 6.92 Å². The Morgan fingerprint density at radius 1 is 1.50 bits per heavy atom. The van der Waals surface area contributed by atoms with Crippen molar-refractivity contribution in [3.05, 3.63) is 28.7 Å². The van der Waals surface area contributed by atoms with Crippen LogP contribution in [0.4, 0.5) is 0 Å². The van der Waals surface area contributed by atoms with Crippen molar-refractivity contribution in [2.75, 3.05) is 13.2 Å². The fourth-order valence-corrected chi connectivity index (χ4v) is 2.76. The van der Waals surface area contributed by atoms with Crippen LogP contribution in [0.3, 0.4) is 0 Å². The van der Waals surface area contributed by atoms with Gasteiger partial charge in [0, 0.05) is 37.0 Å². The van der Waals surface area contributed by atoms with E-state index < -0.39 is 0 Å². The summed E-state index contributed by atoms with van der Waals surface area (Å²) in [6.45, 7) is 3.34. The fourth-order valence-electron chi connectivity index (χ4n) is 2.56. The fraction of sp³-hybridized carbons (Fsp3) is 0.429. The van der Waals surface area contributed by atoms with Gasteiger partial charge in [0.25, 0.3) is 5.91 Å². The summed E-state index contributed by atoms with van der Waals surface area (Å²) in [7, 11) is 0. The molecular formula is C14H16ClN3O2. The van der Waals surface area contributed by atoms with Crippen LogP contribution in [-0.4, -0.2) is 35.1 Å². The predicted octanol–water partition coefficient (Wildman–Crippen LogP) is 2.43. The third kappa shape index (κ3) is 2.39. The zero-order chi connectivity index (χ0) is 14.1. The molecule has 0 saturated carbocycles. The summed E-state index contributed by atoms with van der Waals surface area (Å²) in [6, 6.07) is 0.168. The number of hydrogen-bond donors (Lipinski definition) is 2. The number of aryl methyl sites for hydroxylation is 1. The third-order valence-corrected chi connectivity index (χ3v) is 3.95. The summed E-state index contributed by atoms with van der Waals surface area (Å²) >= 11 is 6.05. The van der Waals surface area contributed by atoms with Crippen LogP contribution in [0.25, 0.3) is 10.9 Å². The summed E-state index contributed by atoms with van der Waals surface area (Å²) < 4.78 is 5.29. The number of halogens is 1. The molecule has 1 saturated heterocycles. The van der Waals surface area contributed by atoms with Crippen molar-refractivity contribution in [2.45, 2.75) is 25.8 Å². The Hall–Kier alpha value is -1.59. The molecule has 0 unspecified atom stereocenters. The number of fused-ring (bicyclic) bond motifs is 1. The highest BCUT2D eigenvalue weighted by Crippen LogP contribution is 2.26. The van der Waals surface area contributed by atoms with Gasteiger partial charge in [-0.1, -0.05) is 11.6 Å². The average molecular weight is 294 g/mol. The topological polar surface area (TPSA) is 67.0 Å². The molecule has 1 aliphatic rings. The molecule has 2 N–H and O–H groups in total. The number of nitrogens with one attached hydrogen (secondary N) is 2. The van der Waals surface area contributed by atoms with E-state index in [9.17, 15) is 4.79 Å². The first kappa shape index (κ1) is 13.4. The molecule has 0 atom stereocenters. The Morgan fingerprint density at radius 3 is 3.00 bits per heavy atom. The Morgan fingerprint density at radius 2 is 2.25 bits per heavy atom. The summed E-state index contributed by atoms with van der Waals surface area (Å²) in [4.78, 5) is 19.6. The Bertz CT molecular complexity index is 647. The molecule has 0 aliphatic carbocycles. The molecule has 0 aromatic carbocycles. The van der Waals surface area contributed by atoms with Crippen molar-refractivity contribution < 1.29 is 9.53 Å². The number of carbonyl (C=O) groups excluding carboxylic acids is 1. The van der Waals surface area contributed by atoms with Crippen LogP contribution in [0.15, 0.2) is 12.4 Å². The molecule has 1 amide bonds. The van der Waals surface area contributed by atoms with E-state index in [1.807, 2.05) is 13.1 Å². The first-order valence-corrected chi connectivity index (χ1v) is 7.05. The van der Waals surface area contributed by atoms with E-state index in [1.54, 1.807) is 6.20 Å². The largest absolute Gasteiger partial charge is 0.381 e. The maximum atomic E-state index is 12.4. The number of rotatable bonds is 2. The molecular weight excluding hydrogens is 278 g/mol. The summed E-state index contributed by atoms with van der Waals surface area (Å²) in [5.41, 5.74) is 2.26. The third-order valence-electron chi connectivity index (χ3n) is 3.66. The molecule has 1 aliphatic heterocycles. The van der Waals surface area contributed by atoms with Gasteiger partial charge in [-0.3, -0.25) is 4.79 Å². The van der Waals surface area contributed by atoms with Crippen molar-refractivity contribution in [1.29, 1.82) is 0 Å². The number of hydrogen-bond acceptors (Lipinski definition) is 3. The number of amides is 1. The lowest BCUT2D eigenvalue weighted by Crippen LogP contribution is -2.39. The van der Waals surface area contributed by atoms with Gasteiger partial charge >= 0.3 is 0 Å². The molecule has 106 valence electrons. The first-order chi connectivity index (χ1) is 9.66. The zero-order valence-electron chi connectivity index (χ0n) is 11.2. The normalized spacial score (nSPS) is 16.5. The van der Waals surface area contributed by atoms with E-state index in [0.717, 1.165) is 23.8 Å². The predicted molar refractivity (Wildman–Crippen MR) is 77.1 cm³/mol.